The fourth-order valence-electron chi connectivity index (χ4n) is 3.78. The molecular weight excluding hydrogens is 490 g/mol. The van der Waals surface area contributed by atoms with Crippen LogP contribution in [0.1, 0.15) is 39.2 Å². The Balaban J connectivity index is 1.31. The van der Waals surface area contributed by atoms with Gasteiger partial charge in [0.25, 0.3) is 11.8 Å². The molecule has 9 heteroatoms. The number of hydroxylamine groups is 2. The first-order valence-corrected chi connectivity index (χ1v) is 12.0. The van der Waals surface area contributed by atoms with Crippen molar-refractivity contribution in [3.63, 3.8) is 0 Å². The second-order valence-corrected chi connectivity index (χ2v) is 9.76. The highest BCUT2D eigenvalue weighted by Gasteiger charge is 2.33. The highest BCUT2D eigenvalue weighted by atomic mass is 35.5. The lowest BCUT2D eigenvalue weighted by atomic mass is 10.1. The van der Waals surface area contributed by atoms with Gasteiger partial charge in [-0.1, -0.05) is 23.7 Å². The average Bonchev–Trinajstić information content (AvgIpc) is 3.42. The molecule has 7 nitrogen and oxygen atoms in total. The van der Waals surface area contributed by atoms with Crippen molar-refractivity contribution < 1.29 is 23.6 Å². The maximum Gasteiger partial charge on any atom is 0.363 e. The Kier molecular flexibility index (Phi) is 6.00. The van der Waals surface area contributed by atoms with Crippen molar-refractivity contribution in [2.24, 2.45) is 0 Å². The van der Waals surface area contributed by atoms with Crippen molar-refractivity contribution in [3.8, 4) is 10.4 Å². The molecule has 0 unspecified atom stereocenters. The molecule has 0 aliphatic carbocycles. The number of rotatable bonds is 5. The first-order valence-electron chi connectivity index (χ1n) is 10.8. The highest BCUT2D eigenvalue weighted by Crippen LogP contribution is 2.31. The van der Waals surface area contributed by atoms with Crippen LogP contribution in [0.4, 0.5) is 0 Å². The number of hydrogen-bond acceptors (Lipinski definition) is 7. The molecular formula is C26H18ClNO6S. The van der Waals surface area contributed by atoms with Crippen LogP contribution in [0.15, 0.2) is 63.8 Å². The SMILES string of the molecule is Cc1cc2oc(=O)c(-c3ccc(Cc4ccc(C(=O)ON5C(=O)CCC5=O)cc4)s3)cc2cc1Cl. The number of thiophene rings is 1. The summed E-state index contributed by atoms with van der Waals surface area (Å²) in [4.78, 5) is 54.8. The van der Waals surface area contributed by atoms with E-state index in [2.05, 4.69) is 0 Å². The van der Waals surface area contributed by atoms with Crippen LogP contribution in [0.25, 0.3) is 21.4 Å². The molecule has 0 saturated carbocycles. The van der Waals surface area contributed by atoms with E-state index in [0.29, 0.717) is 27.7 Å². The minimum Gasteiger partial charge on any atom is -0.422 e. The Bertz CT molecular complexity index is 1540. The molecule has 1 saturated heterocycles. The average molecular weight is 508 g/mol. The van der Waals surface area contributed by atoms with Crippen LogP contribution in [0.2, 0.25) is 5.02 Å². The molecule has 1 aliphatic rings. The molecule has 4 aromatic rings. The number of fused-ring (bicyclic) bond motifs is 1. The van der Waals surface area contributed by atoms with Crippen LogP contribution < -0.4 is 5.63 Å². The van der Waals surface area contributed by atoms with Gasteiger partial charge in [-0.05, 0) is 60.5 Å². The van der Waals surface area contributed by atoms with Crippen molar-refractivity contribution in [2.45, 2.75) is 26.2 Å². The van der Waals surface area contributed by atoms with Gasteiger partial charge in [-0.3, -0.25) is 9.59 Å². The second-order valence-electron chi connectivity index (χ2n) is 8.19. The van der Waals surface area contributed by atoms with Gasteiger partial charge in [-0.25, -0.2) is 9.59 Å². The van der Waals surface area contributed by atoms with Gasteiger partial charge in [0.15, 0.2) is 0 Å². The first-order chi connectivity index (χ1) is 16.8. The zero-order chi connectivity index (χ0) is 24.7. The predicted molar refractivity (Wildman–Crippen MR) is 131 cm³/mol. The molecule has 3 heterocycles. The van der Waals surface area contributed by atoms with Crippen LogP contribution in [0, 0.1) is 6.92 Å². The maximum absolute atomic E-state index is 12.6. The fraction of sp³-hybridized carbons (Fsp3) is 0.154. The van der Waals surface area contributed by atoms with E-state index in [4.69, 9.17) is 20.9 Å². The zero-order valence-corrected chi connectivity index (χ0v) is 20.1. The summed E-state index contributed by atoms with van der Waals surface area (Å²) in [7, 11) is 0. The summed E-state index contributed by atoms with van der Waals surface area (Å²) in [5.41, 5.74) is 2.57. The van der Waals surface area contributed by atoms with Crippen molar-refractivity contribution in [1.82, 2.24) is 5.06 Å². The Morgan fingerprint density at radius 3 is 2.46 bits per heavy atom. The third kappa shape index (κ3) is 4.62. The van der Waals surface area contributed by atoms with Crippen molar-refractivity contribution in [3.05, 3.63) is 91.6 Å². The molecule has 5 rings (SSSR count). The lowest BCUT2D eigenvalue weighted by Gasteiger charge is -2.12. The number of amides is 2. The van der Waals surface area contributed by atoms with Crippen molar-refractivity contribution in [2.75, 3.05) is 0 Å². The van der Waals surface area contributed by atoms with Gasteiger partial charge in [-0.2, -0.15) is 0 Å². The monoisotopic (exact) mass is 507 g/mol. The van der Waals surface area contributed by atoms with Crippen LogP contribution >= 0.6 is 22.9 Å². The van der Waals surface area contributed by atoms with Gasteiger partial charge in [-0.15, -0.1) is 16.4 Å². The number of imide groups is 1. The van der Waals surface area contributed by atoms with Gasteiger partial charge in [0.1, 0.15) is 5.58 Å². The molecule has 0 radical (unpaired) electrons. The Morgan fingerprint density at radius 2 is 1.74 bits per heavy atom. The highest BCUT2D eigenvalue weighted by molar-refractivity contribution is 7.15. The predicted octanol–water partition coefficient (Wildman–Crippen LogP) is 5.29. The number of benzene rings is 2. The van der Waals surface area contributed by atoms with E-state index in [1.54, 1.807) is 42.5 Å². The van der Waals surface area contributed by atoms with Crippen LogP contribution in [-0.2, 0) is 20.8 Å². The van der Waals surface area contributed by atoms with E-state index in [1.165, 1.54) is 11.3 Å². The summed E-state index contributed by atoms with van der Waals surface area (Å²) in [5.74, 6) is -1.81. The molecule has 0 bridgehead atoms. The summed E-state index contributed by atoms with van der Waals surface area (Å²) in [6.45, 7) is 1.85. The molecule has 2 aromatic heterocycles. The topological polar surface area (TPSA) is 93.9 Å². The molecule has 0 spiro atoms. The van der Waals surface area contributed by atoms with E-state index >= 15 is 0 Å². The number of carbonyl (C=O) groups excluding carboxylic acids is 3. The Labute approximate surface area is 208 Å². The lowest BCUT2D eigenvalue weighted by molar-refractivity contribution is -0.172. The van der Waals surface area contributed by atoms with Gasteiger partial charge in [0.2, 0.25) is 0 Å². The molecule has 2 aromatic carbocycles. The summed E-state index contributed by atoms with van der Waals surface area (Å²) < 4.78 is 5.51. The number of carbonyl (C=O) groups is 3. The minimum atomic E-state index is -0.767. The van der Waals surface area contributed by atoms with Crippen LogP contribution in [0.5, 0.6) is 0 Å². The van der Waals surface area contributed by atoms with Gasteiger partial charge in [0.05, 0.1) is 11.1 Å². The third-order valence-electron chi connectivity index (χ3n) is 5.69. The minimum absolute atomic E-state index is 0.0441. The standard InChI is InChI=1S/C26H18ClNO6S/c1-14-10-21-17(13-20(14)27)12-19(26(32)33-21)22-7-6-18(35-22)11-15-2-4-16(5-3-15)25(31)34-28-23(29)8-9-24(28)30/h2-7,10,12-13H,8-9,11H2,1H3. The van der Waals surface area contributed by atoms with E-state index in [-0.39, 0.29) is 18.4 Å². The third-order valence-corrected chi connectivity index (χ3v) is 7.21. The van der Waals surface area contributed by atoms with Crippen LogP contribution in [0.3, 0.4) is 0 Å². The van der Waals surface area contributed by atoms with Crippen LogP contribution in [-0.4, -0.2) is 22.8 Å². The van der Waals surface area contributed by atoms with Gasteiger partial charge < -0.3 is 9.25 Å². The first kappa shape index (κ1) is 23.0. The molecule has 0 atom stereocenters. The summed E-state index contributed by atoms with van der Waals surface area (Å²) in [6.07, 6.45) is 0.678. The fourth-order valence-corrected chi connectivity index (χ4v) is 5.00. The number of nitrogens with zero attached hydrogens (tertiary/aromatic N) is 1. The molecule has 1 aliphatic heterocycles. The van der Waals surface area contributed by atoms with Crippen molar-refractivity contribution in [1.29, 1.82) is 0 Å². The quantitative estimate of drug-likeness (QED) is 0.269. The zero-order valence-electron chi connectivity index (χ0n) is 18.5. The molecule has 0 N–H and O–H groups in total. The molecule has 2 amide bonds. The molecule has 35 heavy (non-hydrogen) atoms. The number of hydrogen-bond donors (Lipinski definition) is 0. The largest absolute Gasteiger partial charge is 0.422 e. The summed E-state index contributed by atoms with van der Waals surface area (Å²) in [5, 5.41) is 1.89. The number of halogens is 1. The van der Waals surface area contributed by atoms with E-state index in [1.807, 2.05) is 19.1 Å². The summed E-state index contributed by atoms with van der Waals surface area (Å²) in [6, 6.07) is 15.9. The van der Waals surface area contributed by atoms with Crippen molar-refractivity contribution >= 4 is 51.7 Å². The maximum atomic E-state index is 12.6. The molecule has 176 valence electrons. The molecule has 1 fully saturated rings. The summed E-state index contributed by atoms with van der Waals surface area (Å²) >= 11 is 7.70. The van der Waals surface area contributed by atoms with E-state index in [0.717, 1.165) is 26.3 Å². The van der Waals surface area contributed by atoms with E-state index < -0.39 is 23.4 Å². The van der Waals surface area contributed by atoms with Gasteiger partial charge in [0, 0.05) is 39.4 Å². The lowest BCUT2D eigenvalue weighted by Crippen LogP contribution is -2.32. The second kappa shape index (κ2) is 9.13. The van der Waals surface area contributed by atoms with E-state index in [9.17, 15) is 19.2 Å². The smallest absolute Gasteiger partial charge is 0.363 e. The Morgan fingerprint density at radius 1 is 1.03 bits per heavy atom. The van der Waals surface area contributed by atoms with Gasteiger partial charge >= 0.3 is 11.6 Å². The Hall–Kier alpha value is -3.75. The normalized spacial score (nSPS) is 13.6. The number of aryl methyl sites for hydroxylation is 1.